The molecule has 0 atom stereocenters. The highest BCUT2D eigenvalue weighted by atomic mass is 16.3. The van der Waals surface area contributed by atoms with Gasteiger partial charge in [0.1, 0.15) is 11.5 Å². The molecule has 0 aliphatic heterocycles. The standard InChI is InChI=1S/C8H6O4/c9-4-8(12)6-2-1-5(10)3-7(6)11/h1-4,10-11H. The first-order valence-electron chi connectivity index (χ1n) is 3.16. The van der Waals surface area contributed by atoms with Crippen molar-refractivity contribution in [2.24, 2.45) is 0 Å². The number of carbonyl (C=O) groups excluding carboxylic acids is 2. The molecule has 2 N–H and O–H groups in total. The summed E-state index contributed by atoms with van der Waals surface area (Å²) in [5, 5.41) is 17.9. The Kier molecular flexibility index (Phi) is 2.09. The van der Waals surface area contributed by atoms with Crippen molar-refractivity contribution < 1.29 is 19.8 Å². The summed E-state index contributed by atoms with van der Waals surface area (Å²) in [5.41, 5.74) is -0.109. The van der Waals surface area contributed by atoms with E-state index in [1.807, 2.05) is 0 Å². The maximum Gasteiger partial charge on any atom is 0.229 e. The fraction of sp³-hybridized carbons (Fsp3) is 0. The number of carbonyl (C=O) groups is 2. The Hall–Kier alpha value is -1.84. The van der Waals surface area contributed by atoms with Crippen LogP contribution in [0.4, 0.5) is 0 Å². The lowest BCUT2D eigenvalue weighted by atomic mass is 10.1. The summed E-state index contributed by atoms with van der Waals surface area (Å²) >= 11 is 0. The lowest BCUT2D eigenvalue weighted by Crippen LogP contribution is -1.99. The van der Waals surface area contributed by atoms with Gasteiger partial charge in [0.25, 0.3) is 0 Å². The summed E-state index contributed by atoms with van der Waals surface area (Å²) in [6.45, 7) is 0. The Morgan fingerprint density at radius 3 is 2.50 bits per heavy atom. The number of aldehydes is 1. The molecule has 0 aliphatic carbocycles. The third kappa shape index (κ3) is 1.42. The van der Waals surface area contributed by atoms with Gasteiger partial charge in [-0.1, -0.05) is 0 Å². The zero-order valence-corrected chi connectivity index (χ0v) is 6.02. The Labute approximate surface area is 68.1 Å². The van der Waals surface area contributed by atoms with Gasteiger partial charge in [0.05, 0.1) is 5.56 Å². The number of hydrogen-bond donors (Lipinski definition) is 2. The van der Waals surface area contributed by atoms with Crippen molar-refractivity contribution >= 4 is 12.1 Å². The van der Waals surface area contributed by atoms with E-state index in [4.69, 9.17) is 10.2 Å². The van der Waals surface area contributed by atoms with Gasteiger partial charge in [-0.25, -0.2) is 0 Å². The van der Waals surface area contributed by atoms with E-state index in [1.54, 1.807) is 0 Å². The van der Waals surface area contributed by atoms with Gasteiger partial charge in [-0.15, -0.1) is 0 Å². The summed E-state index contributed by atoms with van der Waals surface area (Å²) in [6.07, 6.45) is 0.103. The summed E-state index contributed by atoms with van der Waals surface area (Å²) in [6, 6.07) is 3.40. The van der Waals surface area contributed by atoms with Crippen molar-refractivity contribution in [3.8, 4) is 11.5 Å². The van der Waals surface area contributed by atoms with Gasteiger partial charge < -0.3 is 10.2 Å². The third-order valence-corrected chi connectivity index (χ3v) is 1.35. The lowest BCUT2D eigenvalue weighted by molar-refractivity contribution is -0.104. The molecule has 4 heteroatoms. The van der Waals surface area contributed by atoms with Crippen molar-refractivity contribution in [2.75, 3.05) is 0 Å². The minimum absolute atomic E-state index is 0.103. The first kappa shape index (κ1) is 8.26. The number of phenolic OH excluding ortho intramolecular Hbond substituents is 2. The van der Waals surface area contributed by atoms with Crippen molar-refractivity contribution in [1.29, 1.82) is 0 Å². The highest BCUT2D eigenvalue weighted by molar-refractivity contribution is 6.34. The fourth-order valence-electron chi connectivity index (χ4n) is 0.792. The zero-order valence-electron chi connectivity index (χ0n) is 6.02. The van der Waals surface area contributed by atoms with E-state index in [2.05, 4.69) is 0 Å². The number of ketones is 1. The lowest BCUT2D eigenvalue weighted by Gasteiger charge is -1.98. The molecule has 0 bridgehead atoms. The molecule has 4 nitrogen and oxygen atoms in total. The van der Waals surface area contributed by atoms with Crippen LogP contribution in [-0.4, -0.2) is 22.3 Å². The maximum atomic E-state index is 10.7. The Bertz CT molecular complexity index is 330. The average molecular weight is 166 g/mol. The van der Waals surface area contributed by atoms with Gasteiger partial charge in [0, 0.05) is 6.07 Å². The average Bonchev–Trinajstić information content (AvgIpc) is 2.03. The van der Waals surface area contributed by atoms with Crippen LogP contribution in [0.25, 0.3) is 0 Å². The molecule has 0 heterocycles. The number of phenols is 2. The fourth-order valence-corrected chi connectivity index (χ4v) is 0.792. The molecule has 0 aliphatic rings. The second kappa shape index (κ2) is 3.04. The van der Waals surface area contributed by atoms with Crippen LogP contribution < -0.4 is 0 Å². The molecule has 1 rings (SSSR count). The van der Waals surface area contributed by atoms with Crippen LogP contribution >= 0.6 is 0 Å². The molecule has 0 fully saturated rings. The van der Waals surface area contributed by atoms with Gasteiger partial charge >= 0.3 is 0 Å². The van der Waals surface area contributed by atoms with E-state index >= 15 is 0 Å². The molecule has 0 saturated heterocycles. The topological polar surface area (TPSA) is 74.6 Å². The predicted molar refractivity (Wildman–Crippen MR) is 40.2 cm³/mol. The smallest absolute Gasteiger partial charge is 0.229 e. The maximum absolute atomic E-state index is 10.7. The number of rotatable bonds is 2. The first-order valence-corrected chi connectivity index (χ1v) is 3.16. The number of Topliss-reactive ketones (excluding diaryl/α,β-unsaturated/α-hetero) is 1. The minimum atomic E-state index is -0.813. The molecule has 0 spiro atoms. The van der Waals surface area contributed by atoms with Crippen LogP contribution in [-0.2, 0) is 4.79 Å². The predicted octanol–water partition coefficient (Wildman–Crippen LogP) is 0.479. The number of hydrogen-bond acceptors (Lipinski definition) is 4. The van der Waals surface area contributed by atoms with Crippen LogP contribution in [0.3, 0.4) is 0 Å². The van der Waals surface area contributed by atoms with Crippen molar-refractivity contribution in [3.05, 3.63) is 23.8 Å². The second-order valence-electron chi connectivity index (χ2n) is 2.18. The van der Waals surface area contributed by atoms with Crippen LogP contribution in [0.15, 0.2) is 18.2 Å². The molecule has 0 saturated carbocycles. The highest BCUT2D eigenvalue weighted by Crippen LogP contribution is 2.22. The largest absolute Gasteiger partial charge is 0.508 e. The number of benzene rings is 1. The van der Waals surface area contributed by atoms with E-state index < -0.39 is 11.5 Å². The van der Waals surface area contributed by atoms with Crippen LogP contribution in [0.2, 0.25) is 0 Å². The quantitative estimate of drug-likeness (QED) is 0.380. The molecule has 0 aromatic heterocycles. The van der Waals surface area contributed by atoms with E-state index in [0.29, 0.717) is 0 Å². The highest BCUT2D eigenvalue weighted by Gasteiger charge is 2.09. The van der Waals surface area contributed by atoms with Gasteiger partial charge in [-0.3, -0.25) is 9.59 Å². The monoisotopic (exact) mass is 166 g/mol. The third-order valence-electron chi connectivity index (χ3n) is 1.35. The van der Waals surface area contributed by atoms with Crippen molar-refractivity contribution in [3.63, 3.8) is 0 Å². The van der Waals surface area contributed by atoms with Gasteiger partial charge in [0.15, 0.2) is 6.29 Å². The molecule has 1 aromatic carbocycles. The van der Waals surface area contributed by atoms with Crippen LogP contribution in [0.5, 0.6) is 11.5 Å². The van der Waals surface area contributed by atoms with Crippen LogP contribution in [0.1, 0.15) is 10.4 Å². The van der Waals surface area contributed by atoms with E-state index in [9.17, 15) is 9.59 Å². The van der Waals surface area contributed by atoms with E-state index in [-0.39, 0.29) is 17.6 Å². The van der Waals surface area contributed by atoms with E-state index in [1.165, 1.54) is 12.1 Å². The number of aromatic hydroxyl groups is 2. The summed E-state index contributed by atoms with van der Waals surface area (Å²) in [5.74, 6) is -1.37. The Balaban J connectivity index is 3.18. The molecule has 0 radical (unpaired) electrons. The Morgan fingerprint density at radius 2 is 2.00 bits per heavy atom. The van der Waals surface area contributed by atoms with E-state index in [0.717, 1.165) is 6.07 Å². The Morgan fingerprint density at radius 1 is 1.33 bits per heavy atom. The molecule has 62 valence electrons. The van der Waals surface area contributed by atoms with Gasteiger partial charge in [0.2, 0.25) is 5.78 Å². The summed E-state index contributed by atoms with van der Waals surface area (Å²) in [7, 11) is 0. The molecule has 12 heavy (non-hydrogen) atoms. The molecule has 0 amide bonds. The molecule has 0 unspecified atom stereocenters. The molecule has 1 aromatic rings. The normalized spacial score (nSPS) is 9.33. The SMILES string of the molecule is O=CC(=O)c1ccc(O)cc1O. The summed E-state index contributed by atoms with van der Waals surface area (Å²) in [4.78, 5) is 20.8. The minimum Gasteiger partial charge on any atom is -0.508 e. The molecular weight excluding hydrogens is 160 g/mol. The summed E-state index contributed by atoms with van der Waals surface area (Å²) < 4.78 is 0. The van der Waals surface area contributed by atoms with Crippen molar-refractivity contribution in [2.45, 2.75) is 0 Å². The second-order valence-corrected chi connectivity index (χ2v) is 2.18. The van der Waals surface area contributed by atoms with Gasteiger partial charge in [-0.05, 0) is 12.1 Å². The van der Waals surface area contributed by atoms with Gasteiger partial charge in [-0.2, -0.15) is 0 Å². The molecular formula is C8H6O4. The first-order chi connectivity index (χ1) is 5.65. The van der Waals surface area contributed by atoms with Crippen molar-refractivity contribution in [1.82, 2.24) is 0 Å². The van der Waals surface area contributed by atoms with Crippen LogP contribution in [0, 0.1) is 0 Å². The zero-order chi connectivity index (χ0) is 9.14.